The third-order valence-corrected chi connectivity index (χ3v) is 9.45. The first-order valence-electron chi connectivity index (χ1n) is 12.3. The molecule has 0 aliphatic rings. The van der Waals surface area contributed by atoms with E-state index in [-0.39, 0.29) is 64.5 Å². The van der Waals surface area contributed by atoms with Crippen LogP contribution in [0.15, 0.2) is 48.5 Å². The number of benzene rings is 2. The fraction of sp³-hybridized carbons (Fsp3) is 0.346. The summed E-state index contributed by atoms with van der Waals surface area (Å²) in [6, 6.07) is 10.2. The summed E-state index contributed by atoms with van der Waals surface area (Å²) in [5.41, 5.74) is -4.17. The van der Waals surface area contributed by atoms with Crippen LogP contribution in [0.5, 0.6) is 5.75 Å². The molecule has 1 aromatic heterocycles. The summed E-state index contributed by atoms with van der Waals surface area (Å²) in [4.78, 5) is 46.3. The van der Waals surface area contributed by atoms with Crippen LogP contribution in [0.4, 0.5) is 14.5 Å². The van der Waals surface area contributed by atoms with Crippen molar-refractivity contribution >= 4 is 75.2 Å². The zero-order chi connectivity index (χ0) is 31.4. The van der Waals surface area contributed by atoms with Crippen molar-refractivity contribution in [2.75, 3.05) is 52.2 Å². The van der Waals surface area contributed by atoms with Crippen molar-refractivity contribution in [2.24, 2.45) is 0 Å². The molecule has 17 heteroatoms. The Bertz CT molecular complexity index is 1400. The second-order valence-electron chi connectivity index (χ2n) is 8.28. The fourth-order valence-electron chi connectivity index (χ4n) is 3.30. The van der Waals surface area contributed by atoms with E-state index in [4.69, 9.17) is 23.3 Å². The molecule has 0 spiro atoms. The highest BCUT2D eigenvalue weighted by atomic mass is 32.2. The summed E-state index contributed by atoms with van der Waals surface area (Å²) in [5.74, 6) is -0.459. The highest BCUT2D eigenvalue weighted by Crippen LogP contribution is 2.60. The van der Waals surface area contributed by atoms with Gasteiger partial charge in [0.05, 0.1) is 18.1 Å². The first kappa shape index (κ1) is 34.9. The number of thioether (sulfide) groups is 2. The van der Waals surface area contributed by atoms with E-state index in [1.165, 1.54) is 62.8 Å². The smallest absolute Gasteiger partial charge is 0.353 e. The number of hydrogen-bond acceptors (Lipinski definition) is 13. The van der Waals surface area contributed by atoms with E-state index in [1.807, 2.05) is 0 Å². The highest BCUT2D eigenvalue weighted by Gasteiger charge is 2.45. The van der Waals surface area contributed by atoms with Gasteiger partial charge in [-0.05, 0) is 35.7 Å². The van der Waals surface area contributed by atoms with Crippen LogP contribution in [-0.2, 0) is 33.8 Å². The molecule has 0 fully saturated rings. The maximum atomic E-state index is 15.8. The van der Waals surface area contributed by atoms with Gasteiger partial charge < -0.3 is 23.3 Å². The minimum absolute atomic E-state index is 0.0874. The molecule has 0 N–H and O–H groups in total. The number of ether oxygens (including phenoxy) is 3. The summed E-state index contributed by atoms with van der Waals surface area (Å²) in [7, 11) is -0.104. The van der Waals surface area contributed by atoms with E-state index < -0.39 is 30.5 Å². The van der Waals surface area contributed by atoms with Crippen molar-refractivity contribution < 1.29 is 51.3 Å². The van der Waals surface area contributed by atoms with Gasteiger partial charge in [-0.2, -0.15) is 8.78 Å². The van der Waals surface area contributed by atoms with Gasteiger partial charge in [0.1, 0.15) is 23.8 Å². The number of halogens is 2. The van der Waals surface area contributed by atoms with Crippen LogP contribution >= 0.6 is 43.2 Å². The quantitative estimate of drug-likeness (QED) is 0.0399. The number of methoxy groups -OCH3 is 2. The Hall–Kier alpha value is -2.56. The van der Waals surface area contributed by atoms with Gasteiger partial charge in [-0.3, -0.25) is 19.7 Å². The Morgan fingerprint density at radius 2 is 1.51 bits per heavy atom. The number of rotatable bonds is 17. The molecule has 0 saturated carbocycles. The SMILES string of the molecule is COCC(=O)SCCOP(OCCSC(=O)COC)C(F)(F)c1ccc2sc(C(=O)Oc3ccc([N+](=O)[O-])cc3)cc2c1. The molecular weight excluding hydrogens is 651 g/mol. The first-order chi connectivity index (χ1) is 20.5. The van der Waals surface area contributed by atoms with Crippen molar-refractivity contribution in [1.29, 1.82) is 0 Å². The molecule has 1 heterocycles. The van der Waals surface area contributed by atoms with Gasteiger partial charge >= 0.3 is 11.6 Å². The number of nitro benzene ring substituents is 1. The number of hydrogen-bond donors (Lipinski definition) is 0. The molecule has 2 aromatic carbocycles. The molecule has 0 bridgehead atoms. The molecular formula is C26H26F2NO10PS3. The lowest BCUT2D eigenvalue weighted by molar-refractivity contribution is -0.384. The molecule has 0 unspecified atom stereocenters. The Kier molecular flexibility index (Phi) is 13.9. The molecule has 0 atom stereocenters. The van der Waals surface area contributed by atoms with E-state index in [2.05, 4.69) is 0 Å². The Morgan fingerprint density at radius 3 is 2.05 bits per heavy atom. The number of nitro groups is 1. The van der Waals surface area contributed by atoms with E-state index in [0.29, 0.717) is 10.1 Å². The standard InChI is InChI=1S/C26H26F2NO10PS3/c1-35-15-23(30)41-11-9-37-40(38-10-12-42-24(31)16-36-2)26(27,28)18-3-8-21-17(13-18)14-22(43-21)25(32)39-20-6-4-19(5-7-20)29(33)34/h3-8,13-14H,9-12,15-16H2,1-2H3. The first-order valence-corrected chi connectivity index (χ1v) is 16.3. The Labute approximate surface area is 258 Å². The van der Waals surface area contributed by atoms with E-state index in [0.717, 1.165) is 34.9 Å². The van der Waals surface area contributed by atoms with Crippen LogP contribution in [0.3, 0.4) is 0 Å². The third-order valence-electron chi connectivity index (χ3n) is 5.19. The number of thiophene rings is 1. The minimum atomic E-state index is -3.59. The van der Waals surface area contributed by atoms with Crippen molar-refractivity contribution in [3.8, 4) is 5.75 Å². The van der Waals surface area contributed by atoms with Gasteiger partial charge in [0, 0.05) is 48.1 Å². The van der Waals surface area contributed by atoms with Crippen LogP contribution in [-0.4, -0.2) is 73.3 Å². The second kappa shape index (κ2) is 17.1. The summed E-state index contributed by atoms with van der Waals surface area (Å²) < 4.78 is 57.7. The fourth-order valence-corrected chi connectivity index (χ4v) is 6.92. The van der Waals surface area contributed by atoms with Crippen LogP contribution in [0.1, 0.15) is 15.2 Å². The van der Waals surface area contributed by atoms with Gasteiger partial charge in [-0.1, -0.05) is 29.6 Å². The lowest BCUT2D eigenvalue weighted by Gasteiger charge is -2.26. The number of alkyl halides is 2. The summed E-state index contributed by atoms with van der Waals surface area (Å²) >= 11 is 2.80. The Balaban J connectivity index is 1.73. The number of esters is 1. The molecule has 232 valence electrons. The largest absolute Gasteiger partial charge is 0.422 e. The zero-order valence-corrected chi connectivity index (χ0v) is 26.2. The van der Waals surface area contributed by atoms with E-state index in [1.54, 1.807) is 0 Å². The number of non-ortho nitro benzene ring substituents is 1. The second-order valence-corrected chi connectivity index (χ2v) is 13.3. The number of nitrogens with zero attached hydrogens (tertiary/aromatic N) is 1. The summed E-state index contributed by atoms with van der Waals surface area (Å²) in [5, 5.41) is 10.6. The molecule has 0 saturated heterocycles. The molecule has 0 aliphatic carbocycles. The normalized spacial score (nSPS) is 11.7. The highest BCUT2D eigenvalue weighted by molar-refractivity contribution is 8.14. The van der Waals surface area contributed by atoms with E-state index >= 15 is 8.78 Å². The van der Waals surface area contributed by atoms with Crippen LogP contribution in [0.25, 0.3) is 10.1 Å². The van der Waals surface area contributed by atoms with Gasteiger partial charge in [0.2, 0.25) is 10.2 Å². The minimum Gasteiger partial charge on any atom is -0.422 e. The average molecular weight is 678 g/mol. The maximum Gasteiger partial charge on any atom is 0.353 e. The van der Waals surface area contributed by atoms with Gasteiger partial charge in [-0.25, -0.2) is 4.79 Å². The number of carbonyl (C=O) groups excluding carboxylic acids is 3. The van der Waals surface area contributed by atoms with Gasteiger partial charge in [0.25, 0.3) is 14.1 Å². The Morgan fingerprint density at radius 1 is 0.930 bits per heavy atom. The van der Waals surface area contributed by atoms with Gasteiger partial charge in [-0.15, -0.1) is 11.3 Å². The molecule has 11 nitrogen and oxygen atoms in total. The molecule has 43 heavy (non-hydrogen) atoms. The van der Waals surface area contributed by atoms with Crippen LogP contribution < -0.4 is 4.74 Å². The van der Waals surface area contributed by atoms with Crippen LogP contribution in [0.2, 0.25) is 0 Å². The topological polar surface area (TPSA) is 140 Å². The zero-order valence-electron chi connectivity index (χ0n) is 22.8. The van der Waals surface area contributed by atoms with Gasteiger partial charge in [0.15, 0.2) is 0 Å². The molecule has 0 amide bonds. The summed E-state index contributed by atoms with van der Waals surface area (Å²) in [6.07, 6.45) is 0. The molecule has 3 aromatic rings. The lowest BCUT2D eigenvalue weighted by Crippen LogP contribution is -2.17. The lowest BCUT2D eigenvalue weighted by atomic mass is 10.1. The monoisotopic (exact) mass is 677 g/mol. The molecule has 3 rings (SSSR count). The van der Waals surface area contributed by atoms with E-state index in [9.17, 15) is 24.5 Å². The molecule has 0 aliphatic heterocycles. The third kappa shape index (κ3) is 10.5. The predicted octanol–water partition coefficient (Wildman–Crippen LogP) is 6.24. The van der Waals surface area contributed by atoms with Crippen molar-refractivity contribution in [1.82, 2.24) is 0 Å². The molecule has 0 radical (unpaired) electrons. The average Bonchev–Trinajstić information content (AvgIpc) is 3.41. The van der Waals surface area contributed by atoms with Crippen LogP contribution in [0, 0.1) is 10.1 Å². The number of fused-ring (bicyclic) bond motifs is 1. The summed E-state index contributed by atoms with van der Waals surface area (Å²) in [6.45, 7) is -0.640. The number of carbonyl (C=O) groups is 3. The van der Waals surface area contributed by atoms with Crippen molar-refractivity contribution in [2.45, 2.75) is 5.66 Å². The van der Waals surface area contributed by atoms with Crippen molar-refractivity contribution in [3.05, 3.63) is 69.1 Å². The maximum absolute atomic E-state index is 15.8. The predicted molar refractivity (Wildman–Crippen MR) is 161 cm³/mol. The van der Waals surface area contributed by atoms with Crippen molar-refractivity contribution in [3.63, 3.8) is 0 Å².